The van der Waals surface area contributed by atoms with Crippen LogP contribution in [-0.2, 0) is 22.5 Å². The summed E-state index contributed by atoms with van der Waals surface area (Å²) < 4.78 is 12.1. The molecule has 0 amide bonds. The van der Waals surface area contributed by atoms with E-state index >= 15 is 0 Å². The molecule has 0 aliphatic carbocycles. The number of fused-ring (bicyclic) bond motifs is 1. The number of aryl methyl sites for hydroxylation is 1. The van der Waals surface area contributed by atoms with Crippen LogP contribution in [0.5, 0.6) is 5.75 Å². The molecule has 0 unspecified atom stereocenters. The predicted octanol–water partition coefficient (Wildman–Crippen LogP) is 1.50. The number of ketones is 1. The standard InChI is InChI=1S/C17H19BN2O5/c1-24-17(22)15-4-2-3-12-9-13(18(23)25-16(12)15)10-14(21)5-7-20-8-6-19-11-20/h2-4,6,8,11,13,23H,5,7,9-10H2,1H3/t13-/m1/s1. The zero-order valence-electron chi connectivity index (χ0n) is 13.9. The molecule has 1 atom stereocenters. The lowest BCUT2D eigenvalue weighted by atomic mass is 9.64. The zero-order valence-corrected chi connectivity index (χ0v) is 13.9. The summed E-state index contributed by atoms with van der Waals surface area (Å²) in [6.07, 6.45) is 6.19. The third kappa shape index (κ3) is 3.91. The van der Waals surface area contributed by atoms with Gasteiger partial charge < -0.3 is 19.0 Å². The highest BCUT2D eigenvalue weighted by molar-refractivity contribution is 6.47. The van der Waals surface area contributed by atoms with E-state index in [4.69, 9.17) is 9.39 Å². The van der Waals surface area contributed by atoms with Crippen LogP contribution >= 0.6 is 0 Å². The number of esters is 1. The molecule has 1 aromatic carbocycles. The molecule has 0 bridgehead atoms. The second-order valence-corrected chi connectivity index (χ2v) is 6.05. The van der Waals surface area contributed by atoms with Crippen molar-refractivity contribution in [3.8, 4) is 5.75 Å². The average Bonchev–Trinajstić information content (AvgIpc) is 3.13. The van der Waals surface area contributed by atoms with Crippen LogP contribution in [0.1, 0.15) is 28.8 Å². The van der Waals surface area contributed by atoms with E-state index in [0.29, 0.717) is 25.1 Å². The summed E-state index contributed by atoms with van der Waals surface area (Å²) in [4.78, 5) is 28.0. The van der Waals surface area contributed by atoms with Gasteiger partial charge in [-0.1, -0.05) is 12.1 Å². The molecule has 130 valence electrons. The van der Waals surface area contributed by atoms with Crippen molar-refractivity contribution < 1.29 is 24.0 Å². The minimum Gasteiger partial charge on any atom is -0.535 e. The molecule has 0 radical (unpaired) electrons. The molecule has 3 rings (SSSR count). The molecule has 1 aliphatic rings. The number of ether oxygens (including phenoxy) is 1. The molecule has 0 fully saturated rings. The molecule has 25 heavy (non-hydrogen) atoms. The molecule has 1 aromatic heterocycles. The van der Waals surface area contributed by atoms with E-state index in [9.17, 15) is 14.6 Å². The summed E-state index contributed by atoms with van der Waals surface area (Å²) in [5, 5.41) is 10.3. The molecule has 2 heterocycles. The van der Waals surface area contributed by atoms with E-state index in [0.717, 1.165) is 5.56 Å². The van der Waals surface area contributed by atoms with Crippen LogP contribution in [0.25, 0.3) is 0 Å². The van der Waals surface area contributed by atoms with E-state index in [-0.39, 0.29) is 23.6 Å². The Balaban J connectivity index is 1.65. The van der Waals surface area contributed by atoms with E-state index in [2.05, 4.69) is 4.98 Å². The second-order valence-electron chi connectivity index (χ2n) is 6.05. The van der Waals surface area contributed by atoms with Gasteiger partial charge in [-0.15, -0.1) is 0 Å². The highest BCUT2D eigenvalue weighted by Gasteiger charge is 2.37. The molecule has 0 saturated carbocycles. The number of methoxy groups -OCH3 is 1. The van der Waals surface area contributed by atoms with Crippen LogP contribution in [0, 0.1) is 0 Å². The second kappa shape index (κ2) is 7.52. The molecule has 0 saturated heterocycles. The lowest BCUT2D eigenvalue weighted by Crippen LogP contribution is -2.36. The fourth-order valence-electron chi connectivity index (χ4n) is 3.00. The van der Waals surface area contributed by atoms with Gasteiger partial charge in [0.25, 0.3) is 0 Å². The van der Waals surface area contributed by atoms with Crippen LogP contribution in [-0.4, -0.2) is 40.6 Å². The number of nitrogens with zero attached hydrogens (tertiary/aromatic N) is 2. The Morgan fingerprint density at radius 3 is 3.04 bits per heavy atom. The molecule has 1 aliphatic heterocycles. The van der Waals surface area contributed by atoms with E-state index in [1.165, 1.54) is 7.11 Å². The Labute approximate surface area is 145 Å². The van der Waals surface area contributed by atoms with E-state index in [1.807, 2.05) is 10.6 Å². The SMILES string of the molecule is COC(=O)c1cccc2c1OB(O)[C@@H](CC(=O)CCn1ccnc1)C2. The monoisotopic (exact) mass is 342 g/mol. The molecule has 8 heteroatoms. The van der Waals surface area contributed by atoms with Crippen LogP contribution in [0.15, 0.2) is 36.9 Å². The van der Waals surface area contributed by atoms with Crippen molar-refractivity contribution in [3.05, 3.63) is 48.0 Å². The van der Waals surface area contributed by atoms with Gasteiger partial charge in [-0.2, -0.15) is 0 Å². The minimum atomic E-state index is -1.13. The number of para-hydroxylation sites is 1. The summed E-state index contributed by atoms with van der Waals surface area (Å²) in [5.41, 5.74) is 1.07. The molecule has 1 N–H and O–H groups in total. The van der Waals surface area contributed by atoms with Crippen molar-refractivity contribution in [1.29, 1.82) is 0 Å². The first-order valence-corrected chi connectivity index (χ1v) is 8.11. The van der Waals surface area contributed by atoms with Crippen LogP contribution in [0.4, 0.5) is 0 Å². The lowest BCUT2D eigenvalue weighted by Gasteiger charge is -2.28. The summed E-state index contributed by atoms with van der Waals surface area (Å²) in [5.74, 6) is -0.465. The quantitative estimate of drug-likeness (QED) is 0.632. The number of benzene rings is 1. The first-order valence-electron chi connectivity index (χ1n) is 8.11. The highest BCUT2D eigenvalue weighted by Crippen LogP contribution is 2.36. The molecule has 0 spiro atoms. The molecular weight excluding hydrogens is 323 g/mol. The van der Waals surface area contributed by atoms with Gasteiger partial charge in [-0.25, -0.2) is 9.78 Å². The van der Waals surface area contributed by atoms with Crippen molar-refractivity contribution in [2.24, 2.45) is 0 Å². The van der Waals surface area contributed by atoms with Crippen LogP contribution < -0.4 is 4.65 Å². The van der Waals surface area contributed by atoms with E-state index < -0.39 is 13.1 Å². The average molecular weight is 342 g/mol. The number of rotatable bonds is 6. The Bertz CT molecular complexity index is 762. The number of aromatic nitrogens is 2. The fourth-order valence-corrected chi connectivity index (χ4v) is 3.00. The first kappa shape index (κ1) is 17.2. The molecule has 2 aromatic rings. The number of carbonyl (C=O) groups is 2. The number of hydrogen-bond acceptors (Lipinski definition) is 6. The van der Waals surface area contributed by atoms with Gasteiger partial charge in [0.15, 0.2) is 0 Å². The largest absolute Gasteiger partial charge is 0.535 e. The van der Waals surface area contributed by atoms with Crippen LogP contribution in [0.2, 0.25) is 5.82 Å². The summed E-state index contributed by atoms with van der Waals surface area (Å²) >= 11 is 0. The van der Waals surface area contributed by atoms with E-state index in [1.54, 1.807) is 30.9 Å². The lowest BCUT2D eigenvalue weighted by molar-refractivity contribution is -0.119. The van der Waals surface area contributed by atoms with Gasteiger partial charge in [0.2, 0.25) is 0 Å². The van der Waals surface area contributed by atoms with Crippen molar-refractivity contribution in [1.82, 2.24) is 9.55 Å². The first-order chi connectivity index (χ1) is 12.1. The van der Waals surface area contributed by atoms with Gasteiger partial charge in [-0.3, -0.25) is 4.79 Å². The summed E-state index contributed by atoms with van der Waals surface area (Å²) in [6, 6.07) is 5.16. The maximum absolute atomic E-state index is 12.2. The predicted molar refractivity (Wildman–Crippen MR) is 90.3 cm³/mol. The van der Waals surface area contributed by atoms with Gasteiger partial charge >= 0.3 is 13.1 Å². The smallest absolute Gasteiger partial charge is 0.526 e. The third-order valence-corrected chi connectivity index (χ3v) is 4.32. The Morgan fingerprint density at radius 1 is 1.48 bits per heavy atom. The number of Topliss-reactive ketones (excluding diaryl/α,β-unsaturated/α-hetero) is 1. The maximum Gasteiger partial charge on any atom is 0.526 e. The summed E-state index contributed by atoms with van der Waals surface area (Å²) in [6.45, 7) is 0.561. The highest BCUT2D eigenvalue weighted by atomic mass is 16.5. The Morgan fingerprint density at radius 2 is 2.32 bits per heavy atom. The third-order valence-electron chi connectivity index (χ3n) is 4.32. The van der Waals surface area contributed by atoms with Gasteiger partial charge in [0.1, 0.15) is 17.1 Å². The Hall–Kier alpha value is -2.61. The topological polar surface area (TPSA) is 90.7 Å². The Kier molecular flexibility index (Phi) is 5.18. The summed E-state index contributed by atoms with van der Waals surface area (Å²) in [7, 11) is 0.165. The number of carbonyl (C=O) groups excluding carboxylic acids is 2. The van der Waals surface area contributed by atoms with Crippen LogP contribution in [0.3, 0.4) is 0 Å². The fraction of sp³-hybridized carbons (Fsp3) is 0.353. The normalized spacial score (nSPS) is 16.1. The molecular formula is C17H19BN2O5. The molecule has 7 nitrogen and oxygen atoms in total. The van der Waals surface area contributed by atoms with Crippen molar-refractivity contribution in [2.45, 2.75) is 31.6 Å². The maximum atomic E-state index is 12.2. The zero-order chi connectivity index (χ0) is 17.8. The van der Waals surface area contributed by atoms with Crippen molar-refractivity contribution in [3.63, 3.8) is 0 Å². The van der Waals surface area contributed by atoms with Gasteiger partial charge in [-0.05, 0) is 18.1 Å². The number of hydrogen-bond donors (Lipinski definition) is 1. The van der Waals surface area contributed by atoms with Gasteiger partial charge in [0, 0.05) is 37.6 Å². The van der Waals surface area contributed by atoms with Crippen molar-refractivity contribution in [2.75, 3.05) is 7.11 Å². The minimum absolute atomic E-state index is 0.0499. The van der Waals surface area contributed by atoms with Gasteiger partial charge in [0.05, 0.1) is 13.4 Å². The number of imidazole rings is 1. The van der Waals surface area contributed by atoms with Crippen molar-refractivity contribution >= 4 is 18.9 Å².